The van der Waals surface area contributed by atoms with Gasteiger partial charge in [-0.1, -0.05) is 58.8 Å². The van der Waals surface area contributed by atoms with E-state index in [9.17, 15) is 0 Å². The van der Waals surface area contributed by atoms with Crippen LogP contribution in [0.25, 0.3) is 16.5 Å². The smallest absolute Gasteiger partial charge is 0.141 e. The summed E-state index contributed by atoms with van der Waals surface area (Å²) in [7, 11) is 0. The van der Waals surface area contributed by atoms with E-state index in [4.69, 9.17) is 16.3 Å². The van der Waals surface area contributed by atoms with E-state index in [0.29, 0.717) is 5.02 Å². The molecule has 4 rings (SSSR count). The zero-order valence-corrected chi connectivity index (χ0v) is 15.3. The molecule has 1 aromatic heterocycles. The lowest BCUT2D eigenvalue weighted by Crippen LogP contribution is -2.04. The van der Waals surface area contributed by atoms with Crippen LogP contribution in [-0.4, -0.2) is 15.0 Å². The molecule has 0 spiro atoms. The molecule has 0 radical (unpaired) electrons. The molecular weight excluding hydrogens is 346 g/mol. The highest BCUT2D eigenvalue weighted by Crippen LogP contribution is 2.33. The van der Waals surface area contributed by atoms with E-state index in [2.05, 4.69) is 29.4 Å². The van der Waals surface area contributed by atoms with Crippen LogP contribution in [0.5, 0.6) is 5.75 Å². The maximum absolute atomic E-state index is 6.28. The van der Waals surface area contributed by atoms with Crippen LogP contribution < -0.4 is 4.74 Å². The van der Waals surface area contributed by atoms with E-state index in [-0.39, 0.29) is 6.10 Å². The third-order valence-corrected chi connectivity index (χ3v) is 4.69. The summed E-state index contributed by atoms with van der Waals surface area (Å²) < 4.78 is 7.92. The normalized spacial score (nSPS) is 12.3. The van der Waals surface area contributed by atoms with Gasteiger partial charge in [0.15, 0.2) is 0 Å². The fraction of sp³-hybridized carbons (Fsp3) is 0.143. The van der Waals surface area contributed by atoms with Crippen molar-refractivity contribution >= 4 is 22.4 Å². The van der Waals surface area contributed by atoms with Crippen LogP contribution in [0.4, 0.5) is 0 Å². The Morgan fingerprint density at radius 1 is 0.962 bits per heavy atom. The maximum Gasteiger partial charge on any atom is 0.141 e. The minimum absolute atomic E-state index is 0.237. The molecule has 0 N–H and O–H groups in total. The van der Waals surface area contributed by atoms with Crippen LogP contribution in [-0.2, 0) is 0 Å². The van der Waals surface area contributed by atoms with Crippen molar-refractivity contribution in [1.29, 1.82) is 0 Å². The first-order valence-corrected chi connectivity index (χ1v) is 8.83. The van der Waals surface area contributed by atoms with Gasteiger partial charge in [-0.2, -0.15) is 0 Å². The average molecular weight is 364 g/mol. The largest absolute Gasteiger partial charge is 0.484 e. The summed E-state index contributed by atoms with van der Waals surface area (Å²) in [4.78, 5) is 0. The molecule has 4 aromatic rings. The van der Waals surface area contributed by atoms with Gasteiger partial charge >= 0.3 is 0 Å². The minimum Gasteiger partial charge on any atom is -0.484 e. The Labute approximate surface area is 157 Å². The first-order valence-electron chi connectivity index (χ1n) is 8.45. The molecule has 3 aromatic carbocycles. The van der Waals surface area contributed by atoms with Gasteiger partial charge in [-0.3, -0.25) is 0 Å². The molecule has 0 aliphatic carbocycles. The molecule has 130 valence electrons. The van der Waals surface area contributed by atoms with Crippen molar-refractivity contribution in [3.63, 3.8) is 0 Å². The Hall–Kier alpha value is -2.85. The number of rotatable bonds is 4. The van der Waals surface area contributed by atoms with E-state index in [1.165, 1.54) is 5.56 Å². The number of nitrogens with zero attached hydrogens (tertiary/aromatic N) is 3. The van der Waals surface area contributed by atoms with Crippen molar-refractivity contribution in [2.24, 2.45) is 0 Å². The van der Waals surface area contributed by atoms with E-state index >= 15 is 0 Å². The number of hydrogen-bond acceptors (Lipinski definition) is 3. The number of aryl methyl sites for hydroxylation is 1. The molecule has 26 heavy (non-hydrogen) atoms. The van der Waals surface area contributed by atoms with Crippen molar-refractivity contribution in [2.45, 2.75) is 20.0 Å². The van der Waals surface area contributed by atoms with Gasteiger partial charge in [0.05, 0.1) is 11.9 Å². The third-order valence-electron chi connectivity index (χ3n) is 4.36. The summed E-state index contributed by atoms with van der Waals surface area (Å²) in [5.41, 5.74) is 2.95. The number of benzene rings is 3. The zero-order valence-electron chi connectivity index (χ0n) is 14.6. The van der Waals surface area contributed by atoms with E-state index in [1.807, 2.05) is 61.7 Å². The van der Waals surface area contributed by atoms with Crippen molar-refractivity contribution in [3.8, 4) is 11.4 Å². The standard InChI is InChI=1S/C21H18ClN3O/c1-14-7-9-16(10-8-14)25-13-20(23-24-25)15(2)26-21-12-11-19(22)17-5-3-4-6-18(17)21/h3-13,15H,1-2H3. The predicted octanol–water partition coefficient (Wildman–Crippen LogP) is 5.52. The highest BCUT2D eigenvalue weighted by Gasteiger charge is 2.15. The van der Waals surface area contributed by atoms with Crippen molar-refractivity contribution < 1.29 is 4.74 Å². The Bertz CT molecular complexity index is 1060. The molecule has 0 saturated heterocycles. The maximum atomic E-state index is 6.28. The molecule has 0 amide bonds. The van der Waals surface area contributed by atoms with Crippen molar-refractivity contribution in [2.75, 3.05) is 0 Å². The van der Waals surface area contributed by atoms with E-state index in [0.717, 1.165) is 27.9 Å². The van der Waals surface area contributed by atoms with Crippen LogP contribution in [0.3, 0.4) is 0 Å². The molecule has 0 aliphatic rings. The third kappa shape index (κ3) is 3.16. The Balaban J connectivity index is 1.61. The van der Waals surface area contributed by atoms with Gasteiger partial charge in [-0.25, -0.2) is 4.68 Å². The van der Waals surface area contributed by atoms with Crippen LogP contribution >= 0.6 is 11.6 Å². The highest BCUT2D eigenvalue weighted by atomic mass is 35.5. The summed E-state index contributed by atoms with van der Waals surface area (Å²) in [5.74, 6) is 0.780. The Kier molecular flexibility index (Phi) is 4.35. The topological polar surface area (TPSA) is 39.9 Å². The molecule has 0 fully saturated rings. The van der Waals surface area contributed by atoms with Gasteiger partial charge in [0.25, 0.3) is 0 Å². The lowest BCUT2D eigenvalue weighted by molar-refractivity contribution is 0.224. The average Bonchev–Trinajstić information content (AvgIpc) is 3.15. The molecule has 0 aliphatic heterocycles. The number of ether oxygens (including phenoxy) is 1. The summed E-state index contributed by atoms with van der Waals surface area (Å²) in [6, 6.07) is 19.8. The summed E-state index contributed by atoms with van der Waals surface area (Å²) in [6.07, 6.45) is 1.66. The molecule has 1 unspecified atom stereocenters. The molecule has 1 atom stereocenters. The van der Waals surface area contributed by atoms with Gasteiger partial charge in [0.2, 0.25) is 0 Å². The summed E-state index contributed by atoms with van der Waals surface area (Å²) >= 11 is 6.28. The number of hydrogen-bond donors (Lipinski definition) is 0. The number of fused-ring (bicyclic) bond motifs is 1. The van der Waals surface area contributed by atoms with Gasteiger partial charge in [-0.05, 0) is 38.1 Å². The molecule has 0 bridgehead atoms. The lowest BCUT2D eigenvalue weighted by atomic mass is 10.1. The van der Waals surface area contributed by atoms with E-state index < -0.39 is 0 Å². The van der Waals surface area contributed by atoms with Crippen molar-refractivity contribution in [3.05, 3.63) is 83.1 Å². The van der Waals surface area contributed by atoms with Crippen LogP contribution in [0.1, 0.15) is 24.3 Å². The molecular formula is C21H18ClN3O. The van der Waals surface area contributed by atoms with Crippen LogP contribution in [0, 0.1) is 6.92 Å². The quantitative estimate of drug-likeness (QED) is 0.479. The fourth-order valence-corrected chi connectivity index (χ4v) is 3.10. The van der Waals surface area contributed by atoms with Gasteiger partial charge < -0.3 is 4.74 Å². The Morgan fingerprint density at radius 3 is 2.46 bits per heavy atom. The van der Waals surface area contributed by atoms with Crippen LogP contribution in [0.15, 0.2) is 66.9 Å². The molecule has 4 nitrogen and oxygen atoms in total. The number of halogens is 1. The second kappa shape index (κ2) is 6.81. The van der Waals surface area contributed by atoms with Crippen molar-refractivity contribution in [1.82, 2.24) is 15.0 Å². The zero-order chi connectivity index (χ0) is 18.1. The molecule has 0 saturated carbocycles. The SMILES string of the molecule is Cc1ccc(-n2cc(C(C)Oc3ccc(Cl)c4ccccc34)nn2)cc1. The lowest BCUT2D eigenvalue weighted by Gasteiger charge is -2.14. The van der Waals surface area contributed by atoms with Gasteiger partial charge in [0, 0.05) is 15.8 Å². The molecule has 1 heterocycles. The fourth-order valence-electron chi connectivity index (χ4n) is 2.87. The summed E-state index contributed by atoms with van der Waals surface area (Å²) in [5, 5.41) is 11.2. The minimum atomic E-state index is -0.237. The second-order valence-electron chi connectivity index (χ2n) is 6.27. The second-order valence-corrected chi connectivity index (χ2v) is 6.68. The van der Waals surface area contributed by atoms with Gasteiger partial charge in [-0.15, -0.1) is 5.10 Å². The first kappa shape index (κ1) is 16.6. The highest BCUT2D eigenvalue weighted by molar-refractivity contribution is 6.35. The summed E-state index contributed by atoms with van der Waals surface area (Å²) in [6.45, 7) is 4.02. The molecule has 5 heteroatoms. The van der Waals surface area contributed by atoms with Gasteiger partial charge in [0.1, 0.15) is 17.5 Å². The monoisotopic (exact) mass is 363 g/mol. The predicted molar refractivity (Wildman–Crippen MR) is 104 cm³/mol. The number of aromatic nitrogens is 3. The van der Waals surface area contributed by atoms with E-state index in [1.54, 1.807) is 4.68 Å². The first-order chi connectivity index (χ1) is 12.6. The Morgan fingerprint density at radius 2 is 1.69 bits per heavy atom. The van der Waals surface area contributed by atoms with Crippen LogP contribution in [0.2, 0.25) is 5.02 Å².